The SMILES string of the molecule is COc1cccc(OC)c1-c1cc(C(=O)NC(C(=O)NO)C2CCCCC2)nn1-c1ccc(F)cc1. The van der Waals surface area contributed by atoms with E-state index >= 15 is 0 Å². The molecule has 1 heterocycles. The van der Waals surface area contributed by atoms with Gasteiger partial charge in [-0.2, -0.15) is 5.10 Å². The molecule has 4 rings (SSSR count). The van der Waals surface area contributed by atoms with Gasteiger partial charge >= 0.3 is 0 Å². The van der Waals surface area contributed by atoms with Crippen LogP contribution in [0.2, 0.25) is 0 Å². The van der Waals surface area contributed by atoms with Gasteiger partial charge in [-0.05, 0) is 61.2 Å². The van der Waals surface area contributed by atoms with E-state index < -0.39 is 23.7 Å². The van der Waals surface area contributed by atoms with Gasteiger partial charge < -0.3 is 14.8 Å². The number of nitrogens with zero attached hydrogens (tertiary/aromatic N) is 2. The van der Waals surface area contributed by atoms with E-state index in [0.717, 1.165) is 32.1 Å². The number of amides is 2. The van der Waals surface area contributed by atoms with Gasteiger partial charge in [0.15, 0.2) is 5.69 Å². The maximum Gasteiger partial charge on any atom is 0.272 e. The quantitative estimate of drug-likeness (QED) is 0.322. The summed E-state index contributed by atoms with van der Waals surface area (Å²) in [5.74, 6) is -0.771. The lowest BCUT2D eigenvalue weighted by Crippen LogP contribution is -2.50. The molecule has 0 spiro atoms. The Hall–Kier alpha value is -3.92. The van der Waals surface area contributed by atoms with E-state index in [9.17, 15) is 19.2 Å². The highest BCUT2D eigenvalue weighted by Crippen LogP contribution is 2.39. The zero-order valence-corrected chi connectivity index (χ0v) is 20.2. The number of carbonyl (C=O) groups excluding carboxylic acids is 2. The van der Waals surface area contributed by atoms with Gasteiger partial charge in [-0.15, -0.1) is 0 Å². The van der Waals surface area contributed by atoms with Gasteiger partial charge in [-0.3, -0.25) is 14.8 Å². The van der Waals surface area contributed by atoms with E-state index in [-0.39, 0.29) is 11.6 Å². The van der Waals surface area contributed by atoms with Gasteiger partial charge in [-0.1, -0.05) is 25.3 Å². The molecule has 0 aliphatic heterocycles. The number of methoxy groups -OCH3 is 2. The lowest BCUT2D eigenvalue weighted by molar-refractivity contribution is -0.132. The minimum absolute atomic E-state index is 0.0360. The summed E-state index contributed by atoms with van der Waals surface area (Å²) in [5.41, 5.74) is 3.25. The van der Waals surface area contributed by atoms with E-state index in [1.165, 1.54) is 31.0 Å². The van der Waals surface area contributed by atoms with Crippen LogP contribution in [0.1, 0.15) is 42.6 Å². The highest BCUT2D eigenvalue weighted by Gasteiger charge is 2.32. The predicted molar refractivity (Wildman–Crippen MR) is 130 cm³/mol. The highest BCUT2D eigenvalue weighted by molar-refractivity contribution is 5.97. The van der Waals surface area contributed by atoms with E-state index in [1.807, 2.05) is 0 Å². The zero-order chi connectivity index (χ0) is 25.7. The van der Waals surface area contributed by atoms with Crippen LogP contribution in [0.3, 0.4) is 0 Å². The summed E-state index contributed by atoms with van der Waals surface area (Å²) in [7, 11) is 3.04. The number of ether oxygens (including phenoxy) is 2. The predicted octanol–water partition coefficient (Wildman–Crippen LogP) is 3.88. The third kappa shape index (κ3) is 5.18. The number of aromatic nitrogens is 2. The van der Waals surface area contributed by atoms with Gasteiger partial charge in [0.05, 0.1) is 31.2 Å². The molecule has 1 atom stereocenters. The summed E-state index contributed by atoms with van der Waals surface area (Å²) in [6, 6.07) is 11.6. The van der Waals surface area contributed by atoms with Crippen molar-refractivity contribution in [2.75, 3.05) is 14.2 Å². The Labute approximate surface area is 208 Å². The van der Waals surface area contributed by atoms with E-state index in [0.29, 0.717) is 28.4 Å². The second-order valence-corrected chi connectivity index (χ2v) is 8.67. The fourth-order valence-corrected chi connectivity index (χ4v) is 4.70. The molecular weight excluding hydrogens is 467 g/mol. The van der Waals surface area contributed by atoms with Crippen LogP contribution < -0.4 is 20.3 Å². The van der Waals surface area contributed by atoms with Crippen molar-refractivity contribution < 1.29 is 28.7 Å². The monoisotopic (exact) mass is 496 g/mol. The lowest BCUT2D eigenvalue weighted by Gasteiger charge is -2.29. The minimum atomic E-state index is -0.900. The Balaban J connectivity index is 1.78. The normalized spacial score (nSPS) is 14.7. The van der Waals surface area contributed by atoms with Crippen molar-refractivity contribution in [2.24, 2.45) is 5.92 Å². The van der Waals surface area contributed by atoms with Crippen LogP contribution in [0.4, 0.5) is 4.39 Å². The van der Waals surface area contributed by atoms with Crippen molar-refractivity contribution in [3.05, 3.63) is 60.0 Å². The third-order valence-corrected chi connectivity index (χ3v) is 6.50. The van der Waals surface area contributed by atoms with Crippen molar-refractivity contribution in [2.45, 2.75) is 38.1 Å². The second-order valence-electron chi connectivity index (χ2n) is 8.67. The molecule has 1 aliphatic carbocycles. The number of hydrogen-bond acceptors (Lipinski definition) is 6. The van der Waals surface area contributed by atoms with Crippen LogP contribution >= 0.6 is 0 Å². The second kappa shape index (κ2) is 11.2. The topological polar surface area (TPSA) is 115 Å². The van der Waals surface area contributed by atoms with Crippen molar-refractivity contribution in [1.29, 1.82) is 0 Å². The molecule has 0 saturated heterocycles. The Morgan fingerprint density at radius 3 is 2.28 bits per heavy atom. The summed E-state index contributed by atoms with van der Waals surface area (Å²) in [5, 5.41) is 16.5. The van der Waals surface area contributed by atoms with Crippen molar-refractivity contribution in [3.8, 4) is 28.4 Å². The molecule has 36 heavy (non-hydrogen) atoms. The maximum atomic E-state index is 13.6. The standard InChI is InChI=1S/C26H29FN4O5/c1-35-21-9-6-10-22(36-2)23(21)20-15-19(29-31(20)18-13-11-17(27)12-14-18)25(32)28-24(26(33)30-34)16-7-4-3-5-8-16/h6,9-16,24,34H,3-5,7-8H2,1-2H3,(H,28,32)(H,30,33). The molecule has 1 unspecified atom stereocenters. The first-order valence-corrected chi connectivity index (χ1v) is 11.8. The van der Waals surface area contributed by atoms with Crippen LogP contribution in [-0.4, -0.2) is 47.1 Å². The van der Waals surface area contributed by atoms with Crippen LogP contribution in [0.25, 0.3) is 16.9 Å². The van der Waals surface area contributed by atoms with Crippen molar-refractivity contribution >= 4 is 11.8 Å². The van der Waals surface area contributed by atoms with Gasteiger partial charge in [0.1, 0.15) is 23.4 Å². The highest BCUT2D eigenvalue weighted by atomic mass is 19.1. The number of halogens is 1. The smallest absolute Gasteiger partial charge is 0.272 e. The van der Waals surface area contributed by atoms with Crippen molar-refractivity contribution in [1.82, 2.24) is 20.6 Å². The molecule has 0 radical (unpaired) electrons. The molecule has 3 N–H and O–H groups in total. The first-order chi connectivity index (χ1) is 17.5. The first kappa shape index (κ1) is 25.2. The Morgan fingerprint density at radius 2 is 1.69 bits per heavy atom. The van der Waals surface area contributed by atoms with Gasteiger partial charge in [0, 0.05) is 0 Å². The summed E-state index contributed by atoms with van der Waals surface area (Å²) in [6.07, 6.45) is 4.52. The maximum absolute atomic E-state index is 13.6. The summed E-state index contributed by atoms with van der Waals surface area (Å²) in [4.78, 5) is 25.8. The van der Waals surface area contributed by atoms with E-state index in [4.69, 9.17) is 9.47 Å². The van der Waals surface area contributed by atoms with Crippen LogP contribution in [0.5, 0.6) is 11.5 Å². The third-order valence-electron chi connectivity index (χ3n) is 6.50. The molecule has 3 aromatic rings. The average molecular weight is 497 g/mol. The number of rotatable bonds is 8. The van der Waals surface area contributed by atoms with Crippen LogP contribution in [0.15, 0.2) is 48.5 Å². The number of carbonyl (C=O) groups is 2. The fraction of sp³-hybridized carbons (Fsp3) is 0.346. The molecule has 1 fully saturated rings. The van der Waals surface area contributed by atoms with Gasteiger partial charge in [0.2, 0.25) is 0 Å². The number of benzene rings is 2. The Kier molecular flexibility index (Phi) is 7.84. The zero-order valence-electron chi connectivity index (χ0n) is 20.2. The molecule has 2 amide bonds. The van der Waals surface area contributed by atoms with E-state index in [2.05, 4.69) is 10.4 Å². The molecule has 1 aliphatic rings. The summed E-state index contributed by atoms with van der Waals surface area (Å²) < 4.78 is 26.2. The van der Waals surface area contributed by atoms with Crippen LogP contribution in [-0.2, 0) is 4.79 Å². The molecule has 2 aromatic carbocycles. The van der Waals surface area contributed by atoms with Gasteiger partial charge in [0.25, 0.3) is 11.8 Å². The number of hydroxylamine groups is 1. The molecule has 0 bridgehead atoms. The molecule has 190 valence electrons. The fourth-order valence-electron chi connectivity index (χ4n) is 4.70. The largest absolute Gasteiger partial charge is 0.496 e. The van der Waals surface area contributed by atoms with Crippen molar-refractivity contribution in [3.63, 3.8) is 0 Å². The van der Waals surface area contributed by atoms with Crippen LogP contribution in [0, 0.1) is 11.7 Å². The molecular formula is C26H29FN4O5. The molecule has 1 aromatic heterocycles. The lowest BCUT2D eigenvalue weighted by atomic mass is 9.83. The first-order valence-electron chi connectivity index (χ1n) is 11.8. The molecule has 10 heteroatoms. The van der Waals surface area contributed by atoms with E-state index in [1.54, 1.807) is 41.9 Å². The minimum Gasteiger partial charge on any atom is -0.496 e. The molecule has 1 saturated carbocycles. The average Bonchev–Trinajstić information content (AvgIpc) is 3.36. The molecule has 9 nitrogen and oxygen atoms in total. The Bertz CT molecular complexity index is 1200. The Morgan fingerprint density at radius 1 is 1.06 bits per heavy atom. The number of nitrogens with one attached hydrogen (secondary N) is 2. The summed E-state index contributed by atoms with van der Waals surface area (Å²) in [6.45, 7) is 0. The number of hydrogen-bond donors (Lipinski definition) is 3. The van der Waals surface area contributed by atoms with Gasteiger partial charge in [-0.25, -0.2) is 14.6 Å². The summed E-state index contributed by atoms with van der Waals surface area (Å²) >= 11 is 0.